The third kappa shape index (κ3) is 2.41. The fraction of sp³-hybridized carbons (Fsp3) is 0.143. The molecule has 18 heavy (non-hydrogen) atoms. The Morgan fingerprint density at radius 1 is 1.11 bits per heavy atom. The quantitative estimate of drug-likeness (QED) is 0.813. The first kappa shape index (κ1) is 12.7. The van der Waals surface area contributed by atoms with E-state index in [1.54, 1.807) is 37.3 Å². The zero-order valence-electron chi connectivity index (χ0n) is 10.1. The molecule has 0 saturated carbocycles. The minimum absolute atomic E-state index is 0.180. The lowest BCUT2D eigenvalue weighted by Gasteiger charge is -2.12. The Morgan fingerprint density at radius 2 is 1.83 bits per heavy atom. The summed E-state index contributed by atoms with van der Waals surface area (Å²) in [5.74, 6) is 0.308. The average Bonchev–Trinajstić information content (AvgIpc) is 2.32. The molecule has 0 spiro atoms. The van der Waals surface area contributed by atoms with E-state index in [2.05, 4.69) is 0 Å². The van der Waals surface area contributed by atoms with Crippen molar-refractivity contribution in [3.63, 3.8) is 0 Å². The lowest BCUT2D eigenvalue weighted by molar-refractivity contribution is 0.437. The molecular weight excluding hydrogens is 253 g/mol. The summed E-state index contributed by atoms with van der Waals surface area (Å²) >= 11 is 5.92. The second kappa shape index (κ2) is 4.86. The van der Waals surface area contributed by atoms with E-state index in [1.165, 1.54) is 0 Å². The number of rotatable bonds is 2. The third-order valence-corrected chi connectivity index (χ3v) is 3.00. The van der Waals surface area contributed by atoms with Crippen molar-refractivity contribution in [2.45, 2.75) is 13.8 Å². The SMILES string of the molecule is Cc1cc(N)c(Cl)cc1Oc1cccc(C)c1F. The Bertz CT molecular complexity index is 599. The summed E-state index contributed by atoms with van der Waals surface area (Å²) in [5.41, 5.74) is 7.49. The highest BCUT2D eigenvalue weighted by atomic mass is 35.5. The largest absolute Gasteiger partial charge is 0.454 e. The van der Waals surface area contributed by atoms with Crippen molar-refractivity contribution < 1.29 is 9.13 Å². The first-order valence-electron chi connectivity index (χ1n) is 5.47. The molecular formula is C14H13ClFNO. The van der Waals surface area contributed by atoms with Crippen LogP contribution < -0.4 is 10.5 Å². The molecule has 0 heterocycles. The maximum Gasteiger partial charge on any atom is 0.168 e. The molecule has 0 aliphatic heterocycles. The summed E-state index contributed by atoms with van der Waals surface area (Å²) in [6.45, 7) is 3.51. The average molecular weight is 266 g/mol. The van der Waals surface area contributed by atoms with E-state index in [9.17, 15) is 4.39 Å². The maximum absolute atomic E-state index is 13.8. The van der Waals surface area contributed by atoms with Gasteiger partial charge in [-0.15, -0.1) is 0 Å². The van der Waals surface area contributed by atoms with Gasteiger partial charge in [0.2, 0.25) is 0 Å². The van der Waals surface area contributed by atoms with Crippen molar-refractivity contribution in [1.29, 1.82) is 0 Å². The number of hydrogen-bond acceptors (Lipinski definition) is 2. The Balaban J connectivity index is 2.40. The molecule has 2 N–H and O–H groups in total. The van der Waals surface area contributed by atoms with Gasteiger partial charge >= 0.3 is 0 Å². The minimum atomic E-state index is -0.371. The highest BCUT2D eigenvalue weighted by molar-refractivity contribution is 6.33. The Kier molecular flexibility index (Phi) is 3.43. The molecule has 2 aromatic carbocycles. The van der Waals surface area contributed by atoms with Crippen molar-refractivity contribution in [2.24, 2.45) is 0 Å². The molecule has 2 nitrogen and oxygen atoms in total. The highest BCUT2D eigenvalue weighted by Gasteiger charge is 2.10. The topological polar surface area (TPSA) is 35.2 Å². The predicted molar refractivity (Wildman–Crippen MR) is 71.8 cm³/mol. The number of ether oxygens (including phenoxy) is 1. The van der Waals surface area contributed by atoms with E-state index in [-0.39, 0.29) is 11.6 Å². The number of nitrogen functional groups attached to an aromatic ring is 1. The van der Waals surface area contributed by atoms with Crippen molar-refractivity contribution >= 4 is 17.3 Å². The Labute approximate surface area is 110 Å². The van der Waals surface area contributed by atoms with Gasteiger partial charge in [-0.1, -0.05) is 23.7 Å². The smallest absolute Gasteiger partial charge is 0.168 e. The van der Waals surface area contributed by atoms with E-state index in [0.29, 0.717) is 22.0 Å². The standard InChI is InChI=1S/C14H13ClFNO/c1-8-4-3-5-12(14(8)16)18-13-7-10(15)11(17)6-9(13)2/h3-7H,17H2,1-2H3. The molecule has 0 amide bonds. The van der Waals surface area contributed by atoms with Crippen LogP contribution in [0.15, 0.2) is 30.3 Å². The van der Waals surface area contributed by atoms with E-state index in [0.717, 1.165) is 5.56 Å². The molecule has 0 bridgehead atoms. The summed E-state index contributed by atoms with van der Waals surface area (Å²) in [5, 5.41) is 0.392. The van der Waals surface area contributed by atoms with Gasteiger partial charge in [0.1, 0.15) is 5.75 Å². The van der Waals surface area contributed by atoms with Gasteiger partial charge < -0.3 is 10.5 Å². The van der Waals surface area contributed by atoms with Gasteiger partial charge in [-0.2, -0.15) is 0 Å². The van der Waals surface area contributed by atoms with Crippen LogP contribution in [0.4, 0.5) is 10.1 Å². The van der Waals surface area contributed by atoms with Crippen molar-refractivity contribution in [3.05, 3.63) is 52.3 Å². The lowest BCUT2D eigenvalue weighted by atomic mass is 10.2. The molecule has 0 fully saturated rings. The van der Waals surface area contributed by atoms with Gasteiger partial charge in [0, 0.05) is 6.07 Å². The highest BCUT2D eigenvalue weighted by Crippen LogP contribution is 2.33. The zero-order valence-corrected chi connectivity index (χ0v) is 10.9. The maximum atomic E-state index is 13.8. The Hall–Kier alpha value is -1.74. The number of benzene rings is 2. The summed E-state index contributed by atoms with van der Waals surface area (Å²) in [6, 6.07) is 8.29. The molecule has 2 rings (SSSR count). The molecule has 0 aromatic heterocycles. The molecule has 0 saturated heterocycles. The van der Waals surface area contributed by atoms with Gasteiger partial charge in [-0.3, -0.25) is 0 Å². The van der Waals surface area contributed by atoms with Gasteiger partial charge in [0.25, 0.3) is 0 Å². The molecule has 0 aliphatic rings. The number of aryl methyl sites for hydroxylation is 2. The van der Waals surface area contributed by atoms with Crippen molar-refractivity contribution in [1.82, 2.24) is 0 Å². The number of anilines is 1. The number of halogens is 2. The fourth-order valence-electron chi connectivity index (χ4n) is 1.61. The van der Waals surface area contributed by atoms with Crippen LogP contribution in [0.25, 0.3) is 0 Å². The first-order valence-corrected chi connectivity index (χ1v) is 5.85. The van der Waals surface area contributed by atoms with Gasteiger partial charge in [-0.25, -0.2) is 4.39 Å². The van der Waals surface area contributed by atoms with E-state index < -0.39 is 0 Å². The van der Waals surface area contributed by atoms with Crippen LogP contribution in [0, 0.1) is 19.7 Å². The minimum Gasteiger partial charge on any atom is -0.454 e. The summed E-state index contributed by atoms with van der Waals surface area (Å²) in [6.07, 6.45) is 0. The third-order valence-electron chi connectivity index (χ3n) is 2.67. The molecule has 2 aromatic rings. The van der Waals surface area contributed by atoms with E-state index >= 15 is 0 Å². The van der Waals surface area contributed by atoms with Gasteiger partial charge in [-0.05, 0) is 37.1 Å². The van der Waals surface area contributed by atoms with Crippen molar-refractivity contribution in [3.8, 4) is 11.5 Å². The monoisotopic (exact) mass is 265 g/mol. The van der Waals surface area contributed by atoms with Crippen LogP contribution in [0.3, 0.4) is 0 Å². The van der Waals surface area contributed by atoms with Gasteiger partial charge in [0.05, 0.1) is 10.7 Å². The fourth-order valence-corrected chi connectivity index (χ4v) is 1.77. The molecule has 4 heteroatoms. The van der Waals surface area contributed by atoms with Crippen LogP contribution in [0.1, 0.15) is 11.1 Å². The zero-order chi connectivity index (χ0) is 13.3. The molecule has 0 unspecified atom stereocenters. The van der Waals surface area contributed by atoms with Crippen LogP contribution in [-0.4, -0.2) is 0 Å². The second-order valence-corrected chi connectivity index (χ2v) is 4.54. The Morgan fingerprint density at radius 3 is 2.56 bits per heavy atom. The molecule has 94 valence electrons. The van der Waals surface area contributed by atoms with E-state index in [1.807, 2.05) is 6.92 Å². The summed E-state index contributed by atoms with van der Waals surface area (Å²) < 4.78 is 19.4. The summed E-state index contributed by atoms with van der Waals surface area (Å²) in [7, 11) is 0. The van der Waals surface area contributed by atoms with Crippen molar-refractivity contribution in [2.75, 3.05) is 5.73 Å². The van der Waals surface area contributed by atoms with Crippen LogP contribution >= 0.6 is 11.6 Å². The summed E-state index contributed by atoms with van der Waals surface area (Å²) in [4.78, 5) is 0. The molecule has 0 aliphatic carbocycles. The molecule has 0 radical (unpaired) electrons. The number of nitrogens with two attached hydrogens (primary N) is 1. The van der Waals surface area contributed by atoms with Crippen LogP contribution in [0.2, 0.25) is 5.02 Å². The van der Waals surface area contributed by atoms with Gasteiger partial charge in [0.15, 0.2) is 11.6 Å². The molecule has 0 atom stereocenters. The van der Waals surface area contributed by atoms with Crippen LogP contribution in [-0.2, 0) is 0 Å². The van der Waals surface area contributed by atoms with E-state index in [4.69, 9.17) is 22.1 Å². The second-order valence-electron chi connectivity index (χ2n) is 4.13. The van der Waals surface area contributed by atoms with Crippen LogP contribution in [0.5, 0.6) is 11.5 Å². The normalized spacial score (nSPS) is 10.4. The first-order chi connectivity index (χ1) is 8.49. The predicted octanol–water partition coefficient (Wildman–Crippen LogP) is 4.47. The lowest BCUT2D eigenvalue weighted by Crippen LogP contribution is -1.95. The number of hydrogen-bond donors (Lipinski definition) is 1.